The van der Waals surface area contributed by atoms with Crippen LogP contribution in [-0.4, -0.2) is 43.4 Å². The summed E-state index contributed by atoms with van der Waals surface area (Å²) in [4.78, 5) is 12.1. The first-order valence-corrected chi connectivity index (χ1v) is 7.12. The lowest BCUT2D eigenvalue weighted by atomic mass is 9.99. The minimum Gasteiger partial charge on any atom is -0.396 e. The molecule has 0 aliphatic rings. The van der Waals surface area contributed by atoms with Crippen LogP contribution in [0.3, 0.4) is 0 Å². The minimum absolute atomic E-state index is 0.0471. The van der Waals surface area contributed by atoms with Gasteiger partial charge in [-0.25, -0.2) is 0 Å². The molecule has 1 atom stereocenters. The highest BCUT2D eigenvalue weighted by atomic mass is 16.5. The van der Waals surface area contributed by atoms with Gasteiger partial charge in [-0.1, -0.05) is 12.1 Å². The van der Waals surface area contributed by atoms with Crippen molar-refractivity contribution in [2.45, 2.75) is 32.7 Å². The van der Waals surface area contributed by atoms with Crippen molar-refractivity contribution in [2.24, 2.45) is 0 Å². The van der Waals surface area contributed by atoms with E-state index < -0.39 is 5.54 Å². The molecule has 0 radical (unpaired) electrons. The van der Waals surface area contributed by atoms with Gasteiger partial charge in [0.25, 0.3) is 0 Å². The average molecular weight is 294 g/mol. The molecule has 0 saturated carbocycles. The van der Waals surface area contributed by atoms with E-state index in [2.05, 4.69) is 10.6 Å². The molecule has 1 rings (SSSR count). The van der Waals surface area contributed by atoms with E-state index in [1.165, 1.54) is 0 Å². The van der Waals surface area contributed by atoms with E-state index in [0.717, 1.165) is 16.8 Å². The van der Waals surface area contributed by atoms with Gasteiger partial charge in [0, 0.05) is 24.9 Å². The van der Waals surface area contributed by atoms with Crippen LogP contribution in [0.5, 0.6) is 0 Å². The van der Waals surface area contributed by atoms with Crippen LogP contribution in [-0.2, 0) is 9.53 Å². The number of methoxy groups -OCH3 is 1. The Morgan fingerprint density at radius 2 is 2.10 bits per heavy atom. The van der Waals surface area contributed by atoms with Crippen LogP contribution in [0.1, 0.15) is 24.5 Å². The number of hydrogen-bond acceptors (Lipinski definition) is 4. The molecule has 3 N–H and O–H groups in total. The van der Waals surface area contributed by atoms with E-state index in [9.17, 15) is 4.79 Å². The number of anilines is 1. The van der Waals surface area contributed by atoms with Crippen LogP contribution in [0.15, 0.2) is 18.2 Å². The molecule has 0 bridgehead atoms. The zero-order chi connectivity index (χ0) is 15.9. The van der Waals surface area contributed by atoms with E-state index in [1.54, 1.807) is 7.11 Å². The average Bonchev–Trinajstić information content (AvgIpc) is 2.41. The number of carbonyl (C=O) groups is 1. The third-order valence-corrected chi connectivity index (χ3v) is 3.47. The van der Waals surface area contributed by atoms with E-state index in [-0.39, 0.29) is 19.1 Å². The Kier molecular flexibility index (Phi) is 6.81. The Labute approximate surface area is 126 Å². The zero-order valence-electron chi connectivity index (χ0n) is 13.3. The number of carbonyl (C=O) groups excluding carboxylic acids is 1. The molecule has 0 spiro atoms. The molecule has 118 valence electrons. The van der Waals surface area contributed by atoms with Crippen molar-refractivity contribution in [3.05, 3.63) is 29.3 Å². The summed E-state index contributed by atoms with van der Waals surface area (Å²) in [7, 11) is 1.60. The molecule has 1 aromatic carbocycles. The van der Waals surface area contributed by atoms with Crippen molar-refractivity contribution in [1.29, 1.82) is 0 Å². The lowest BCUT2D eigenvalue weighted by Gasteiger charge is -2.29. The SMILES string of the molecule is COCC(C)(CCO)NCC(=O)Nc1cc(C)ccc1C. The van der Waals surface area contributed by atoms with Gasteiger partial charge in [0.15, 0.2) is 0 Å². The summed E-state index contributed by atoms with van der Waals surface area (Å²) in [5, 5.41) is 15.2. The number of ether oxygens (including phenoxy) is 1. The molecule has 0 heterocycles. The normalized spacial score (nSPS) is 13.8. The predicted octanol–water partition coefficient (Wildman–Crippen LogP) is 1.62. The second kappa shape index (κ2) is 8.12. The first kappa shape index (κ1) is 17.6. The maximum atomic E-state index is 12.1. The van der Waals surface area contributed by atoms with Gasteiger partial charge < -0.3 is 20.5 Å². The van der Waals surface area contributed by atoms with Crippen molar-refractivity contribution < 1.29 is 14.6 Å². The molecule has 0 aliphatic carbocycles. The maximum Gasteiger partial charge on any atom is 0.238 e. The first-order valence-electron chi connectivity index (χ1n) is 7.12. The van der Waals surface area contributed by atoms with E-state index in [1.807, 2.05) is 39.0 Å². The van der Waals surface area contributed by atoms with Crippen LogP contribution in [0.4, 0.5) is 5.69 Å². The third kappa shape index (κ3) is 5.83. The van der Waals surface area contributed by atoms with Gasteiger partial charge in [0.2, 0.25) is 5.91 Å². The van der Waals surface area contributed by atoms with Gasteiger partial charge in [-0.3, -0.25) is 4.79 Å². The standard InChI is InChI=1S/C16H26N2O3/c1-12-5-6-13(2)14(9-12)18-15(20)10-17-16(3,7-8-19)11-21-4/h5-6,9,17,19H,7-8,10-11H2,1-4H3,(H,18,20). The number of hydrogen-bond donors (Lipinski definition) is 3. The highest BCUT2D eigenvalue weighted by Crippen LogP contribution is 2.16. The second-order valence-electron chi connectivity index (χ2n) is 5.69. The maximum absolute atomic E-state index is 12.1. The second-order valence-corrected chi connectivity index (χ2v) is 5.69. The van der Waals surface area contributed by atoms with E-state index >= 15 is 0 Å². The van der Waals surface area contributed by atoms with Crippen LogP contribution in [0.25, 0.3) is 0 Å². The summed E-state index contributed by atoms with van der Waals surface area (Å²) in [5.41, 5.74) is 2.55. The van der Waals surface area contributed by atoms with Gasteiger partial charge in [-0.15, -0.1) is 0 Å². The van der Waals surface area contributed by atoms with Crippen molar-refractivity contribution in [1.82, 2.24) is 5.32 Å². The highest BCUT2D eigenvalue weighted by Gasteiger charge is 2.23. The summed E-state index contributed by atoms with van der Waals surface area (Å²) in [6.07, 6.45) is 0.525. The smallest absolute Gasteiger partial charge is 0.238 e. The third-order valence-electron chi connectivity index (χ3n) is 3.47. The number of rotatable bonds is 8. The number of amides is 1. The Balaban J connectivity index is 2.58. The fraction of sp³-hybridized carbons (Fsp3) is 0.562. The van der Waals surface area contributed by atoms with Gasteiger partial charge in [0.05, 0.1) is 13.2 Å². The molecule has 0 saturated heterocycles. The molecule has 0 fully saturated rings. The number of aliphatic hydroxyl groups is 1. The number of nitrogens with one attached hydrogen (secondary N) is 2. The quantitative estimate of drug-likeness (QED) is 0.681. The molecule has 1 aromatic rings. The molecule has 1 unspecified atom stereocenters. The van der Waals surface area contributed by atoms with Gasteiger partial charge in [-0.05, 0) is 44.4 Å². The monoisotopic (exact) mass is 294 g/mol. The van der Waals surface area contributed by atoms with Gasteiger partial charge >= 0.3 is 0 Å². The van der Waals surface area contributed by atoms with E-state index in [4.69, 9.17) is 9.84 Å². The van der Waals surface area contributed by atoms with Crippen LogP contribution in [0, 0.1) is 13.8 Å². The Morgan fingerprint density at radius 3 is 2.71 bits per heavy atom. The molecule has 0 aliphatic heterocycles. The lowest BCUT2D eigenvalue weighted by Crippen LogP contribution is -2.49. The largest absolute Gasteiger partial charge is 0.396 e. The number of benzene rings is 1. The molecular weight excluding hydrogens is 268 g/mol. The minimum atomic E-state index is -0.414. The van der Waals surface area contributed by atoms with Gasteiger partial charge in [0.1, 0.15) is 0 Å². The zero-order valence-corrected chi connectivity index (χ0v) is 13.3. The summed E-state index contributed by atoms with van der Waals surface area (Å²) in [6.45, 7) is 6.54. The van der Waals surface area contributed by atoms with Crippen molar-refractivity contribution >= 4 is 11.6 Å². The fourth-order valence-electron chi connectivity index (χ4n) is 2.14. The molecule has 21 heavy (non-hydrogen) atoms. The first-order chi connectivity index (χ1) is 9.90. The van der Waals surface area contributed by atoms with E-state index in [0.29, 0.717) is 13.0 Å². The fourth-order valence-corrected chi connectivity index (χ4v) is 2.14. The molecule has 0 aromatic heterocycles. The van der Waals surface area contributed by atoms with Crippen LogP contribution < -0.4 is 10.6 Å². The predicted molar refractivity (Wildman–Crippen MR) is 84.5 cm³/mol. The summed E-state index contributed by atoms with van der Waals surface area (Å²) < 4.78 is 5.14. The van der Waals surface area contributed by atoms with Crippen molar-refractivity contribution in [3.8, 4) is 0 Å². The van der Waals surface area contributed by atoms with Crippen molar-refractivity contribution in [2.75, 3.05) is 32.2 Å². The Bertz CT molecular complexity index is 469. The van der Waals surface area contributed by atoms with Crippen LogP contribution in [0.2, 0.25) is 0 Å². The molecular formula is C16H26N2O3. The number of aliphatic hydroxyl groups excluding tert-OH is 1. The van der Waals surface area contributed by atoms with Crippen molar-refractivity contribution in [3.63, 3.8) is 0 Å². The molecule has 5 nitrogen and oxygen atoms in total. The number of aryl methyl sites for hydroxylation is 2. The lowest BCUT2D eigenvalue weighted by molar-refractivity contribution is -0.115. The van der Waals surface area contributed by atoms with Crippen LogP contribution >= 0.6 is 0 Å². The summed E-state index contributed by atoms with van der Waals surface area (Å²) in [6, 6.07) is 5.95. The Morgan fingerprint density at radius 1 is 1.38 bits per heavy atom. The highest BCUT2D eigenvalue weighted by molar-refractivity contribution is 5.93. The van der Waals surface area contributed by atoms with Gasteiger partial charge in [-0.2, -0.15) is 0 Å². The Hall–Kier alpha value is -1.43. The summed E-state index contributed by atoms with van der Waals surface area (Å²) in [5.74, 6) is -0.107. The summed E-state index contributed by atoms with van der Waals surface area (Å²) >= 11 is 0. The molecule has 5 heteroatoms. The molecule has 1 amide bonds. The topological polar surface area (TPSA) is 70.6 Å².